The van der Waals surface area contributed by atoms with Crippen LogP contribution >= 0.6 is 11.6 Å². The Morgan fingerprint density at radius 3 is 2.30 bits per heavy atom. The Bertz CT molecular complexity index is 976. The number of carbonyl (C=O) groups is 2. The third-order valence-corrected chi connectivity index (χ3v) is 3.14. The molecule has 0 unspecified atom stereocenters. The molecule has 142 valence electrons. The van der Waals surface area contributed by atoms with Crippen molar-refractivity contribution in [2.24, 2.45) is 0 Å². The number of rotatable bonds is 2. The smallest absolute Gasteiger partial charge is 0.475 e. The summed E-state index contributed by atoms with van der Waals surface area (Å²) in [7, 11) is 0. The quantitative estimate of drug-likeness (QED) is 0.683. The molecule has 8 nitrogen and oxygen atoms in total. The molecule has 0 fully saturated rings. The number of anilines is 1. The number of aliphatic carboxylic acids is 1. The molecular formula is C15H11ClF3N5O3. The molecule has 3 heterocycles. The molecule has 0 spiro atoms. The predicted octanol–water partition coefficient (Wildman–Crippen LogP) is 3.04. The summed E-state index contributed by atoms with van der Waals surface area (Å²) in [5.41, 5.74) is 2.11. The van der Waals surface area contributed by atoms with Gasteiger partial charge in [-0.3, -0.25) is 9.78 Å². The highest BCUT2D eigenvalue weighted by Gasteiger charge is 2.38. The molecule has 12 heteroatoms. The summed E-state index contributed by atoms with van der Waals surface area (Å²) in [5.74, 6) is -2.51. The van der Waals surface area contributed by atoms with Crippen molar-refractivity contribution < 1.29 is 27.9 Å². The van der Waals surface area contributed by atoms with Gasteiger partial charge in [-0.05, 0) is 24.3 Å². The number of halogens is 4. The molecule has 0 saturated heterocycles. The van der Waals surface area contributed by atoms with Crippen molar-refractivity contribution in [3.63, 3.8) is 0 Å². The lowest BCUT2D eigenvalue weighted by Crippen LogP contribution is -2.21. The minimum absolute atomic E-state index is 0.199. The minimum Gasteiger partial charge on any atom is -0.475 e. The summed E-state index contributed by atoms with van der Waals surface area (Å²) in [6.07, 6.45) is -1.76. The van der Waals surface area contributed by atoms with Crippen LogP contribution in [0.25, 0.3) is 16.9 Å². The number of aromatic nitrogens is 4. The van der Waals surface area contributed by atoms with Gasteiger partial charge in [0.05, 0.1) is 0 Å². The standard InChI is InChI=1S/C13H10ClN5O.C2HF3O2/c1-8(20)16-13-12(9-4-6-15-7-5-9)19-11(17-13)3-2-10(14)18-19;3-2(4,5)1(6)7/h2-7H,1H3,(H,16,20);(H,6,7). The molecule has 0 aromatic carbocycles. The van der Waals surface area contributed by atoms with E-state index in [1.54, 1.807) is 29.0 Å². The van der Waals surface area contributed by atoms with E-state index in [0.29, 0.717) is 22.3 Å². The lowest BCUT2D eigenvalue weighted by atomic mass is 10.2. The highest BCUT2D eigenvalue weighted by molar-refractivity contribution is 6.29. The molecule has 0 radical (unpaired) electrons. The monoisotopic (exact) mass is 401 g/mol. The molecule has 0 atom stereocenters. The third-order valence-electron chi connectivity index (χ3n) is 2.94. The second-order valence-electron chi connectivity index (χ2n) is 4.96. The first-order chi connectivity index (χ1) is 12.6. The largest absolute Gasteiger partial charge is 0.490 e. The van der Waals surface area contributed by atoms with E-state index in [0.717, 1.165) is 5.56 Å². The average Bonchev–Trinajstić information content (AvgIpc) is 2.91. The fourth-order valence-corrected chi connectivity index (χ4v) is 2.07. The van der Waals surface area contributed by atoms with E-state index >= 15 is 0 Å². The van der Waals surface area contributed by atoms with Crippen molar-refractivity contribution in [1.82, 2.24) is 19.6 Å². The normalized spacial score (nSPS) is 10.9. The number of nitrogens with one attached hydrogen (secondary N) is 1. The predicted molar refractivity (Wildman–Crippen MR) is 89.2 cm³/mol. The second-order valence-corrected chi connectivity index (χ2v) is 5.34. The first kappa shape index (κ1) is 20.1. The Morgan fingerprint density at radius 1 is 1.19 bits per heavy atom. The lowest BCUT2D eigenvalue weighted by molar-refractivity contribution is -0.192. The van der Waals surface area contributed by atoms with Crippen LogP contribution in [-0.2, 0) is 9.59 Å². The van der Waals surface area contributed by atoms with Gasteiger partial charge in [0.1, 0.15) is 10.8 Å². The maximum Gasteiger partial charge on any atom is 0.490 e. The Balaban J connectivity index is 0.000000321. The number of hydrogen-bond acceptors (Lipinski definition) is 5. The highest BCUT2D eigenvalue weighted by atomic mass is 35.5. The van der Waals surface area contributed by atoms with Crippen LogP contribution in [0, 0.1) is 0 Å². The van der Waals surface area contributed by atoms with Gasteiger partial charge in [0.25, 0.3) is 0 Å². The minimum atomic E-state index is -5.08. The van der Waals surface area contributed by atoms with Gasteiger partial charge in [-0.15, -0.1) is 0 Å². The Hall–Kier alpha value is -3.21. The van der Waals surface area contributed by atoms with Gasteiger partial charge in [0.15, 0.2) is 11.5 Å². The van der Waals surface area contributed by atoms with Crippen LogP contribution in [-0.4, -0.2) is 42.7 Å². The molecule has 3 rings (SSSR count). The number of fused-ring (bicyclic) bond motifs is 1. The van der Waals surface area contributed by atoms with Crippen molar-refractivity contribution in [3.8, 4) is 11.3 Å². The number of carbonyl (C=O) groups excluding carboxylic acids is 1. The first-order valence-electron chi connectivity index (χ1n) is 7.13. The number of amides is 1. The second kappa shape index (κ2) is 7.99. The molecule has 0 saturated carbocycles. The van der Waals surface area contributed by atoms with Crippen LogP contribution in [0.5, 0.6) is 0 Å². The topological polar surface area (TPSA) is 109 Å². The number of imidazole rings is 1. The van der Waals surface area contributed by atoms with Crippen molar-refractivity contribution in [2.45, 2.75) is 13.1 Å². The zero-order valence-corrected chi connectivity index (χ0v) is 14.3. The van der Waals surface area contributed by atoms with Crippen molar-refractivity contribution >= 4 is 34.9 Å². The number of alkyl halides is 3. The van der Waals surface area contributed by atoms with E-state index in [9.17, 15) is 18.0 Å². The van der Waals surface area contributed by atoms with Crippen molar-refractivity contribution in [1.29, 1.82) is 0 Å². The Kier molecular flexibility index (Phi) is 5.95. The summed E-state index contributed by atoms with van der Waals surface area (Å²) in [4.78, 5) is 28.6. The van der Waals surface area contributed by atoms with E-state index in [2.05, 4.69) is 20.4 Å². The molecule has 2 N–H and O–H groups in total. The number of pyridine rings is 1. The molecule has 0 aliphatic rings. The SMILES string of the molecule is CC(=O)Nc1nc2ccc(Cl)nn2c1-c1ccncc1.O=C(O)C(F)(F)F. The Labute approximate surface area is 154 Å². The van der Waals surface area contributed by atoms with Crippen LogP contribution < -0.4 is 5.32 Å². The van der Waals surface area contributed by atoms with Gasteiger partial charge in [0, 0.05) is 24.9 Å². The van der Waals surface area contributed by atoms with Gasteiger partial charge in [-0.1, -0.05) is 11.6 Å². The van der Waals surface area contributed by atoms with Gasteiger partial charge in [0.2, 0.25) is 5.91 Å². The fourth-order valence-electron chi connectivity index (χ4n) is 1.93. The molecule has 0 bridgehead atoms. The van der Waals surface area contributed by atoms with Crippen LogP contribution in [0.15, 0.2) is 36.7 Å². The number of carboxylic acid groups (broad SMARTS) is 1. The Morgan fingerprint density at radius 2 is 1.78 bits per heavy atom. The maximum absolute atomic E-state index is 11.3. The molecule has 1 amide bonds. The molecule has 3 aromatic rings. The number of carboxylic acids is 1. The van der Waals surface area contributed by atoms with E-state index in [4.69, 9.17) is 21.5 Å². The van der Waals surface area contributed by atoms with E-state index in [1.807, 2.05) is 12.1 Å². The van der Waals surface area contributed by atoms with Crippen LogP contribution in [0.3, 0.4) is 0 Å². The van der Waals surface area contributed by atoms with Crippen LogP contribution in [0.4, 0.5) is 19.0 Å². The molecule has 0 aliphatic carbocycles. The average molecular weight is 402 g/mol. The summed E-state index contributed by atoms with van der Waals surface area (Å²) in [6.45, 7) is 1.43. The molecular weight excluding hydrogens is 391 g/mol. The third kappa shape index (κ3) is 5.14. The van der Waals surface area contributed by atoms with Crippen molar-refractivity contribution in [3.05, 3.63) is 41.8 Å². The van der Waals surface area contributed by atoms with E-state index in [1.165, 1.54) is 6.92 Å². The number of hydrogen-bond donors (Lipinski definition) is 2. The van der Waals surface area contributed by atoms with Crippen LogP contribution in [0.2, 0.25) is 5.15 Å². The van der Waals surface area contributed by atoms with Crippen LogP contribution in [0.1, 0.15) is 6.92 Å². The van der Waals surface area contributed by atoms with Crippen molar-refractivity contribution in [2.75, 3.05) is 5.32 Å². The summed E-state index contributed by atoms with van der Waals surface area (Å²) >= 11 is 5.93. The number of nitrogens with zero attached hydrogens (tertiary/aromatic N) is 4. The first-order valence-corrected chi connectivity index (χ1v) is 7.50. The summed E-state index contributed by atoms with van der Waals surface area (Å²) < 4.78 is 33.3. The zero-order valence-electron chi connectivity index (χ0n) is 13.5. The summed E-state index contributed by atoms with van der Waals surface area (Å²) in [5, 5.41) is 14.4. The molecule has 0 aliphatic heterocycles. The van der Waals surface area contributed by atoms with Gasteiger partial charge in [-0.2, -0.15) is 18.3 Å². The summed E-state index contributed by atoms with van der Waals surface area (Å²) in [6, 6.07) is 7.03. The van der Waals surface area contributed by atoms with E-state index in [-0.39, 0.29) is 5.91 Å². The highest BCUT2D eigenvalue weighted by Crippen LogP contribution is 2.28. The fraction of sp³-hybridized carbons (Fsp3) is 0.133. The van der Waals surface area contributed by atoms with Gasteiger partial charge in [-0.25, -0.2) is 14.3 Å². The molecule has 3 aromatic heterocycles. The van der Waals surface area contributed by atoms with Gasteiger partial charge >= 0.3 is 12.1 Å². The van der Waals surface area contributed by atoms with E-state index < -0.39 is 12.1 Å². The molecule has 27 heavy (non-hydrogen) atoms. The zero-order chi connectivity index (χ0) is 20.2. The lowest BCUT2D eigenvalue weighted by Gasteiger charge is -2.04. The van der Waals surface area contributed by atoms with Gasteiger partial charge < -0.3 is 10.4 Å². The maximum atomic E-state index is 11.3.